The largest absolute Gasteiger partial charge is 0.489 e. The van der Waals surface area contributed by atoms with E-state index in [-0.39, 0.29) is 5.82 Å². The van der Waals surface area contributed by atoms with Crippen molar-refractivity contribution in [3.8, 4) is 5.75 Å². The van der Waals surface area contributed by atoms with Gasteiger partial charge in [0.15, 0.2) is 0 Å². The Morgan fingerprint density at radius 3 is 2.50 bits per heavy atom. The van der Waals surface area contributed by atoms with Crippen LogP contribution in [0.1, 0.15) is 5.56 Å². The van der Waals surface area contributed by atoms with Crippen LogP contribution in [0.3, 0.4) is 0 Å². The van der Waals surface area contributed by atoms with Crippen LogP contribution in [-0.4, -0.2) is 0 Å². The predicted molar refractivity (Wildman–Crippen MR) is 62.2 cm³/mol. The summed E-state index contributed by atoms with van der Waals surface area (Å²) >= 11 is 5.84. The van der Waals surface area contributed by atoms with Crippen molar-refractivity contribution in [2.75, 3.05) is 0 Å². The van der Waals surface area contributed by atoms with Crippen LogP contribution in [0.4, 0.5) is 4.39 Å². The highest BCUT2D eigenvalue weighted by molar-refractivity contribution is 6.30. The Morgan fingerprint density at radius 1 is 1.06 bits per heavy atom. The van der Waals surface area contributed by atoms with Gasteiger partial charge in [0, 0.05) is 5.02 Å². The molecule has 0 bridgehead atoms. The molecule has 0 unspecified atom stereocenters. The highest BCUT2D eigenvalue weighted by atomic mass is 35.5. The van der Waals surface area contributed by atoms with Crippen molar-refractivity contribution in [1.29, 1.82) is 0 Å². The second kappa shape index (κ2) is 4.99. The van der Waals surface area contributed by atoms with Gasteiger partial charge in [-0.25, -0.2) is 4.39 Å². The minimum Gasteiger partial charge on any atom is -0.489 e. The fraction of sp³-hybridized carbons (Fsp3) is 0.0769. The van der Waals surface area contributed by atoms with Gasteiger partial charge in [-0.1, -0.05) is 23.7 Å². The first-order valence-corrected chi connectivity index (χ1v) is 5.25. The Hall–Kier alpha value is -1.54. The Morgan fingerprint density at radius 2 is 1.81 bits per heavy atom. The second-order valence-electron chi connectivity index (χ2n) is 3.37. The highest BCUT2D eigenvalue weighted by Gasteiger charge is 1.97. The topological polar surface area (TPSA) is 9.23 Å². The first kappa shape index (κ1) is 11.0. The summed E-state index contributed by atoms with van der Waals surface area (Å²) in [6.45, 7) is 0.423. The molecule has 1 nitrogen and oxygen atoms in total. The zero-order valence-corrected chi connectivity index (χ0v) is 9.25. The second-order valence-corrected chi connectivity index (χ2v) is 3.81. The molecule has 0 saturated heterocycles. The van der Waals surface area contributed by atoms with E-state index in [2.05, 4.69) is 0 Å². The molecule has 0 N–H and O–H groups in total. The van der Waals surface area contributed by atoms with Gasteiger partial charge in [0.2, 0.25) is 0 Å². The maximum atomic E-state index is 12.6. The Balaban J connectivity index is 1.99. The van der Waals surface area contributed by atoms with Gasteiger partial charge in [0.05, 0.1) is 0 Å². The summed E-state index contributed by atoms with van der Waals surface area (Å²) in [5.41, 5.74) is 0.983. The number of hydrogen-bond acceptors (Lipinski definition) is 1. The van der Waals surface area contributed by atoms with Crippen LogP contribution in [0.15, 0.2) is 48.5 Å². The molecule has 3 heteroatoms. The van der Waals surface area contributed by atoms with E-state index in [9.17, 15) is 4.39 Å². The van der Waals surface area contributed by atoms with Crippen molar-refractivity contribution in [2.24, 2.45) is 0 Å². The third kappa shape index (κ3) is 2.97. The zero-order valence-electron chi connectivity index (χ0n) is 8.49. The lowest BCUT2D eigenvalue weighted by Gasteiger charge is -2.06. The van der Waals surface area contributed by atoms with Crippen molar-refractivity contribution in [2.45, 2.75) is 6.61 Å². The van der Waals surface area contributed by atoms with Crippen molar-refractivity contribution in [3.63, 3.8) is 0 Å². The molecule has 2 rings (SSSR count). The van der Waals surface area contributed by atoms with Crippen LogP contribution >= 0.6 is 11.6 Å². The predicted octanol–water partition coefficient (Wildman–Crippen LogP) is 4.06. The molecule has 82 valence electrons. The number of halogens is 2. The average molecular weight is 237 g/mol. The van der Waals surface area contributed by atoms with Gasteiger partial charge < -0.3 is 4.74 Å². The molecular formula is C13H10ClFO. The lowest BCUT2D eigenvalue weighted by molar-refractivity contribution is 0.306. The van der Waals surface area contributed by atoms with Crippen LogP contribution in [0.2, 0.25) is 5.02 Å². The lowest BCUT2D eigenvalue weighted by Crippen LogP contribution is -1.95. The summed E-state index contributed by atoms with van der Waals surface area (Å²) < 4.78 is 18.1. The number of benzene rings is 2. The minimum atomic E-state index is -0.268. The van der Waals surface area contributed by atoms with E-state index in [0.29, 0.717) is 17.4 Å². The van der Waals surface area contributed by atoms with Gasteiger partial charge in [0.25, 0.3) is 0 Å². The smallest absolute Gasteiger partial charge is 0.123 e. The van der Waals surface area contributed by atoms with Gasteiger partial charge in [-0.2, -0.15) is 0 Å². The Bertz CT molecular complexity index is 468. The molecular weight excluding hydrogens is 227 g/mol. The minimum absolute atomic E-state index is 0.268. The molecule has 16 heavy (non-hydrogen) atoms. The molecule has 0 aliphatic rings. The van der Waals surface area contributed by atoms with Gasteiger partial charge in [-0.05, 0) is 42.0 Å². The summed E-state index contributed by atoms with van der Waals surface area (Å²) in [5.74, 6) is 0.372. The lowest BCUT2D eigenvalue weighted by atomic mass is 10.2. The summed E-state index contributed by atoms with van der Waals surface area (Å²) in [5, 5.41) is 0.681. The van der Waals surface area contributed by atoms with E-state index in [0.717, 1.165) is 5.56 Å². The third-order valence-corrected chi connectivity index (χ3v) is 2.34. The summed E-state index contributed by atoms with van der Waals surface area (Å²) in [7, 11) is 0. The maximum absolute atomic E-state index is 12.6. The molecule has 0 aromatic heterocycles. The molecule has 2 aromatic rings. The number of hydrogen-bond donors (Lipinski definition) is 0. The van der Waals surface area contributed by atoms with Crippen LogP contribution in [0.5, 0.6) is 5.75 Å². The Labute approximate surface area is 98.4 Å². The fourth-order valence-corrected chi connectivity index (χ4v) is 1.54. The quantitative estimate of drug-likeness (QED) is 0.781. The van der Waals surface area contributed by atoms with Crippen molar-refractivity contribution in [1.82, 2.24) is 0 Å². The summed E-state index contributed by atoms with van der Waals surface area (Å²) in [6, 6.07) is 13.4. The molecule has 0 heterocycles. The zero-order chi connectivity index (χ0) is 11.4. The standard InChI is InChI=1S/C13H10ClFO/c14-11-3-1-2-10(8-11)9-16-13-6-4-12(15)5-7-13/h1-8H,9H2. The summed E-state index contributed by atoms with van der Waals surface area (Å²) in [6.07, 6.45) is 0. The molecule has 0 fully saturated rings. The maximum Gasteiger partial charge on any atom is 0.123 e. The number of ether oxygens (including phenoxy) is 1. The molecule has 0 amide bonds. The summed E-state index contributed by atoms with van der Waals surface area (Å²) in [4.78, 5) is 0. The average Bonchev–Trinajstić information content (AvgIpc) is 2.28. The van der Waals surface area contributed by atoms with Crippen LogP contribution in [-0.2, 0) is 6.61 Å². The van der Waals surface area contributed by atoms with E-state index in [1.54, 1.807) is 12.1 Å². The van der Waals surface area contributed by atoms with Gasteiger partial charge in [-0.15, -0.1) is 0 Å². The van der Waals surface area contributed by atoms with E-state index >= 15 is 0 Å². The monoisotopic (exact) mass is 236 g/mol. The molecule has 0 saturated carbocycles. The molecule has 0 radical (unpaired) electrons. The molecule has 0 aliphatic heterocycles. The highest BCUT2D eigenvalue weighted by Crippen LogP contribution is 2.15. The van der Waals surface area contributed by atoms with Gasteiger partial charge in [0.1, 0.15) is 18.2 Å². The van der Waals surface area contributed by atoms with Crippen molar-refractivity contribution in [3.05, 3.63) is 64.9 Å². The van der Waals surface area contributed by atoms with Crippen molar-refractivity contribution < 1.29 is 9.13 Å². The molecule has 0 spiro atoms. The Kier molecular flexibility index (Phi) is 3.42. The molecule has 0 atom stereocenters. The number of rotatable bonds is 3. The SMILES string of the molecule is Fc1ccc(OCc2cccc(Cl)c2)cc1. The molecule has 0 aliphatic carbocycles. The van der Waals surface area contributed by atoms with E-state index in [1.165, 1.54) is 12.1 Å². The fourth-order valence-electron chi connectivity index (χ4n) is 1.32. The van der Waals surface area contributed by atoms with Gasteiger partial charge in [-0.3, -0.25) is 0 Å². The van der Waals surface area contributed by atoms with Crippen LogP contribution in [0.25, 0.3) is 0 Å². The first-order valence-electron chi connectivity index (χ1n) is 4.87. The van der Waals surface area contributed by atoms with Crippen LogP contribution in [0, 0.1) is 5.82 Å². The van der Waals surface area contributed by atoms with Crippen LogP contribution < -0.4 is 4.74 Å². The normalized spacial score (nSPS) is 10.1. The molecule has 2 aromatic carbocycles. The third-order valence-electron chi connectivity index (χ3n) is 2.11. The first-order chi connectivity index (χ1) is 7.74. The van der Waals surface area contributed by atoms with E-state index in [1.807, 2.05) is 24.3 Å². The van der Waals surface area contributed by atoms with Gasteiger partial charge >= 0.3 is 0 Å². The van der Waals surface area contributed by atoms with E-state index in [4.69, 9.17) is 16.3 Å². The van der Waals surface area contributed by atoms with Crippen molar-refractivity contribution >= 4 is 11.6 Å². The van der Waals surface area contributed by atoms with E-state index < -0.39 is 0 Å².